The molecule has 1 N–H and O–H groups in total. The van der Waals surface area contributed by atoms with Gasteiger partial charge in [0, 0.05) is 25.4 Å². The smallest absolute Gasteiger partial charge is 0.339 e. The molecule has 0 bridgehead atoms. The molecule has 0 aliphatic heterocycles. The Hall–Kier alpha value is -2.50. The van der Waals surface area contributed by atoms with Gasteiger partial charge in [-0.25, -0.2) is 19.2 Å². The summed E-state index contributed by atoms with van der Waals surface area (Å²) in [6.07, 6.45) is 1.26. The van der Waals surface area contributed by atoms with Crippen LogP contribution in [0.3, 0.4) is 0 Å². The maximum Gasteiger partial charge on any atom is 0.339 e. The van der Waals surface area contributed by atoms with Crippen molar-refractivity contribution in [1.82, 2.24) is 9.97 Å². The van der Waals surface area contributed by atoms with E-state index in [0.29, 0.717) is 23.8 Å². The van der Waals surface area contributed by atoms with Gasteiger partial charge in [-0.05, 0) is 13.0 Å². The highest BCUT2D eigenvalue weighted by molar-refractivity contribution is 5.88. The Morgan fingerprint density at radius 1 is 1.40 bits per heavy atom. The van der Waals surface area contributed by atoms with E-state index in [9.17, 15) is 9.18 Å². The number of anilines is 1. The maximum absolute atomic E-state index is 13.6. The molecule has 2 rings (SSSR count). The van der Waals surface area contributed by atoms with Crippen molar-refractivity contribution in [2.45, 2.75) is 13.5 Å². The number of hydrogen-bond acceptors (Lipinski definition) is 4. The summed E-state index contributed by atoms with van der Waals surface area (Å²) in [5, 5.41) is 8.92. The van der Waals surface area contributed by atoms with E-state index in [1.807, 2.05) is 0 Å². The molecule has 0 unspecified atom stereocenters. The van der Waals surface area contributed by atoms with Crippen molar-refractivity contribution >= 4 is 11.9 Å². The Labute approximate surface area is 115 Å². The van der Waals surface area contributed by atoms with Crippen molar-refractivity contribution in [1.29, 1.82) is 0 Å². The van der Waals surface area contributed by atoms with Gasteiger partial charge >= 0.3 is 5.97 Å². The molecule has 1 aromatic carbocycles. The second-order valence-corrected chi connectivity index (χ2v) is 4.42. The van der Waals surface area contributed by atoms with Crippen molar-refractivity contribution in [2.75, 3.05) is 11.9 Å². The fraction of sp³-hybridized carbons (Fsp3) is 0.214. The minimum absolute atomic E-state index is 0.0630. The number of benzene rings is 1. The van der Waals surface area contributed by atoms with Gasteiger partial charge in [-0.15, -0.1) is 0 Å². The van der Waals surface area contributed by atoms with Crippen LogP contribution in [0.2, 0.25) is 0 Å². The van der Waals surface area contributed by atoms with Crippen LogP contribution in [0, 0.1) is 12.7 Å². The molecule has 0 saturated carbocycles. The lowest BCUT2D eigenvalue weighted by molar-refractivity contribution is 0.0695. The normalized spacial score (nSPS) is 10.3. The molecule has 0 amide bonds. The van der Waals surface area contributed by atoms with Gasteiger partial charge in [-0.2, -0.15) is 0 Å². The third-order valence-electron chi connectivity index (χ3n) is 2.90. The summed E-state index contributed by atoms with van der Waals surface area (Å²) in [4.78, 5) is 20.7. The van der Waals surface area contributed by atoms with Crippen LogP contribution in [0.15, 0.2) is 30.5 Å². The van der Waals surface area contributed by atoms with E-state index in [4.69, 9.17) is 5.11 Å². The summed E-state index contributed by atoms with van der Waals surface area (Å²) in [6, 6.07) is 6.46. The molecule has 0 radical (unpaired) electrons. The highest BCUT2D eigenvalue weighted by Crippen LogP contribution is 2.14. The number of rotatable bonds is 4. The van der Waals surface area contributed by atoms with Crippen LogP contribution in [-0.2, 0) is 6.54 Å². The van der Waals surface area contributed by atoms with E-state index in [1.165, 1.54) is 12.3 Å². The average Bonchev–Trinajstić information content (AvgIpc) is 2.40. The van der Waals surface area contributed by atoms with Gasteiger partial charge < -0.3 is 10.0 Å². The first-order valence-corrected chi connectivity index (χ1v) is 6.00. The van der Waals surface area contributed by atoms with Gasteiger partial charge in [-0.3, -0.25) is 0 Å². The fourth-order valence-corrected chi connectivity index (χ4v) is 1.80. The minimum Gasteiger partial charge on any atom is -0.478 e. The number of nitrogens with zero attached hydrogens (tertiary/aromatic N) is 3. The maximum atomic E-state index is 13.6. The predicted octanol–water partition coefficient (Wildman–Crippen LogP) is 2.26. The molecule has 0 fully saturated rings. The first kappa shape index (κ1) is 13.9. The van der Waals surface area contributed by atoms with Crippen LogP contribution < -0.4 is 4.90 Å². The van der Waals surface area contributed by atoms with Gasteiger partial charge in [0.1, 0.15) is 5.82 Å². The van der Waals surface area contributed by atoms with E-state index < -0.39 is 5.97 Å². The standard InChI is InChI=1S/C14H14FN3O2/c1-9-11(13(19)20)7-16-14(17-9)18(2)8-10-5-3-4-6-12(10)15/h3-7H,8H2,1-2H3,(H,19,20). The zero-order valence-corrected chi connectivity index (χ0v) is 11.2. The molecule has 20 heavy (non-hydrogen) atoms. The number of hydrogen-bond donors (Lipinski definition) is 1. The second-order valence-electron chi connectivity index (χ2n) is 4.42. The lowest BCUT2D eigenvalue weighted by Crippen LogP contribution is -2.21. The van der Waals surface area contributed by atoms with Crippen LogP contribution in [0.25, 0.3) is 0 Å². The second kappa shape index (κ2) is 5.64. The third kappa shape index (κ3) is 2.90. The zero-order chi connectivity index (χ0) is 14.7. The van der Waals surface area contributed by atoms with Crippen LogP contribution in [0.5, 0.6) is 0 Å². The summed E-state index contributed by atoms with van der Waals surface area (Å²) in [5.41, 5.74) is 0.967. The van der Waals surface area contributed by atoms with Crippen LogP contribution in [0.1, 0.15) is 21.6 Å². The molecule has 0 saturated heterocycles. The Morgan fingerprint density at radius 3 is 2.70 bits per heavy atom. The summed E-state index contributed by atoms with van der Waals surface area (Å²) in [5.74, 6) is -1.00. The number of aromatic carboxylic acids is 1. The van der Waals surface area contributed by atoms with E-state index >= 15 is 0 Å². The van der Waals surface area contributed by atoms with E-state index in [1.54, 1.807) is 37.1 Å². The van der Waals surface area contributed by atoms with Gasteiger partial charge in [0.2, 0.25) is 5.95 Å². The SMILES string of the molecule is Cc1nc(N(C)Cc2ccccc2F)ncc1C(=O)O. The molecule has 1 heterocycles. The third-order valence-corrected chi connectivity index (χ3v) is 2.90. The van der Waals surface area contributed by atoms with Crippen LogP contribution in [-0.4, -0.2) is 28.1 Å². The molecule has 0 aliphatic carbocycles. The van der Waals surface area contributed by atoms with Gasteiger partial charge in [-0.1, -0.05) is 18.2 Å². The minimum atomic E-state index is -1.06. The van der Waals surface area contributed by atoms with E-state index in [2.05, 4.69) is 9.97 Å². The molecule has 104 valence electrons. The van der Waals surface area contributed by atoms with Gasteiger partial charge in [0.05, 0.1) is 11.3 Å². The van der Waals surface area contributed by atoms with Crippen molar-refractivity contribution in [3.05, 3.63) is 53.1 Å². The first-order valence-electron chi connectivity index (χ1n) is 6.00. The highest BCUT2D eigenvalue weighted by atomic mass is 19.1. The zero-order valence-electron chi connectivity index (χ0n) is 11.2. The molecule has 5 nitrogen and oxygen atoms in total. The fourth-order valence-electron chi connectivity index (χ4n) is 1.80. The molecule has 0 aliphatic rings. The molecule has 2 aromatic rings. The lowest BCUT2D eigenvalue weighted by Gasteiger charge is -2.18. The van der Waals surface area contributed by atoms with Crippen molar-refractivity contribution in [3.63, 3.8) is 0 Å². The van der Waals surface area contributed by atoms with Crippen molar-refractivity contribution < 1.29 is 14.3 Å². The molecular formula is C14H14FN3O2. The van der Waals surface area contributed by atoms with Crippen LogP contribution in [0.4, 0.5) is 10.3 Å². The first-order chi connectivity index (χ1) is 9.49. The monoisotopic (exact) mass is 275 g/mol. The number of carboxylic acids is 1. The highest BCUT2D eigenvalue weighted by Gasteiger charge is 2.13. The quantitative estimate of drug-likeness (QED) is 0.927. The number of carboxylic acid groups (broad SMARTS) is 1. The molecule has 6 heteroatoms. The number of halogens is 1. The van der Waals surface area contributed by atoms with Crippen LogP contribution >= 0.6 is 0 Å². The van der Waals surface area contributed by atoms with Gasteiger partial charge in [0.15, 0.2) is 0 Å². The molecule has 1 aromatic heterocycles. The topological polar surface area (TPSA) is 66.3 Å². The Morgan fingerprint density at radius 2 is 2.10 bits per heavy atom. The number of aryl methyl sites for hydroxylation is 1. The lowest BCUT2D eigenvalue weighted by atomic mass is 10.2. The largest absolute Gasteiger partial charge is 0.478 e. The van der Waals surface area contributed by atoms with E-state index in [-0.39, 0.29) is 11.4 Å². The summed E-state index contributed by atoms with van der Waals surface area (Å²) in [7, 11) is 1.72. The Kier molecular flexibility index (Phi) is 3.93. The summed E-state index contributed by atoms with van der Waals surface area (Å²) >= 11 is 0. The van der Waals surface area contributed by atoms with Crippen molar-refractivity contribution in [2.24, 2.45) is 0 Å². The van der Waals surface area contributed by atoms with Gasteiger partial charge in [0.25, 0.3) is 0 Å². The summed E-state index contributed by atoms with van der Waals surface area (Å²) < 4.78 is 13.6. The Bertz CT molecular complexity index is 646. The Balaban J connectivity index is 2.22. The number of aromatic nitrogens is 2. The molecule has 0 spiro atoms. The average molecular weight is 275 g/mol. The van der Waals surface area contributed by atoms with Crippen molar-refractivity contribution in [3.8, 4) is 0 Å². The molecular weight excluding hydrogens is 261 g/mol. The summed E-state index contributed by atoms with van der Waals surface area (Å²) in [6.45, 7) is 1.91. The predicted molar refractivity (Wildman–Crippen MR) is 72.2 cm³/mol. The van der Waals surface area contributed by atoms with E-state index in [0.717, 1.165) is 0 Å². The number of carbonyl (C=O) groups is 1. The molecule has 0 atom stereocenters.